The molecule has 0 radical (unpaired) electrons. The Morgan fingerprint density at radius 1 is 1.16 bits per heavy atom. The molecule has 11 heteroatoms. The summed E-state index contributed by atoms with van der Waals surface area (Å²) in [4.78, 5) is 24.4. The molecule has 1 saturated heterocycles. The standard InChI is InChI=1S/C26H27Cl2N7O2/c1-16-21(15-32-35(16)25-22(28)11-18(27)13-31-25)26(36)33-19-3-4-23(30-14-19)20-10-17(12-29)2-5-24(20)34-6-8-37-9-7-34/h3-4,11,13-15,17,20,24H,2,5-10H2,1H3,(H,33,36). The maximum Gasteiger partial charge on any atom is 0.259 e. The van der Waals surface area contributed by atoms with Gasteiger partial charge < -0.3 is 10.1 Å². The molecule has 1 saturated carbocycles. The Morgan fingerprint density at radius 3 is 2.68 bits per heavy atom. The first-order valence-electron chi connectivity index (χ1n) is 12.3. The van der Waals surface area contributed by atoms with Crippen LogP contribution in [0, 0.1) is 24.2 Å². The van der Waals surface area contributed by atoms with E-state index in [-0.39, 0.29) is 17.7 Å². The highest BCUT2D eigenvalue weighted by Crippen LogP contribution is 2.38. The Morgan fingerprint density at radius 2 is 1.97 bits per heavy atom. The summed E-state index contributed by atoms with van der Waals surface area (Å²) in [6, 6.07) is 8.19. The van der Waals surface area contributed by atoms with E-state index in [0.29, 0.717) is 38.8 Å². The van der Waals surface area contributed by atoms with E-state index in [1.807, 2.05) is 12.1 Å². The molecule has 37 heavy (non-hydrogen) atoms. The zero-order valence-corrected chi connectivity index (χ0v) is 21.9. The molecule has 1 amide bonds. The van der Waals surface area contributed by atoms with Gasteiger partial charge in [0.25, 0.3) is 5.91 Å². The third kappa shape index (κ3) is 5.48. The molecule has 9 nitrogen and oxygen atoms in total. The minimum absolute atomic E-state index is 0.0339. The quantitative estimate of drug-likeness (QED) is 0.502. The first-order valence-corrected chi connectivity index (χ1v) is 13.0. The van der Waals surface area contributed by atoms with Crippen molar-refractivity contribution in [2.75, 3.05) is 31.6 Å². The van der Waals surface area contributed by atoms with Crippen molar-refractivity contribution >= 4 is 34.8 Å². The monoisotopic (exact) mass is 539 g/mol. The molecular formula is C26H27Cl2N7O2. The number of amides is 1. The lowest BCUT2D eigenvalue weighted by Crippen LogP contribution is -2.48. The van der Waals surface area contributed by atoms with Gasteiger partial charge in [-0.15, -0.1) is 0 Å². The minimum Gasteiger partial charge on any atom is -0.379 e. The number of halogens is 2. The predicted molar refractivity (Wildman–Crippen MR) is 140 cm³/mol. The number of aromatic nitrogens is 4. The molecule has 0 bridgehead atoms. The van der Waals surface area contributed by atoms with Gasteiger partial charge >= 0.3 is 0 Å². The van der Waals surface area contributed by atoms with E-state index in [2.05, 4.69) is 26.4 Å². The summed E-state index contributed by atoms with van der Waals surface area (Å²) in [6.07, 6.45) is 7.31. The number of morpholine rings is 1. The summed E-state index contributed by atoms with van der Waals surface area (Å²) >= 11 is 12.2. The summed E-state index contributed by atoms with van der Waals surface area (Å²) in [5, 5.41) is 17.5. The lowest BCUT2D eigenvalue weighted by Gasteiger charge is -2.42. The molecule has 1 aliphatic heterocycles. The molecule has 0 aromatic carbocycles. The Hall–Kier alpha value is -3.03. The first-order chi connectivity index (χ1) is 17.9. The van der Waals surface area contributed by atoms with Gasteiger partial charge in [-0.25, -0.2) is 9.67 Å². The fourth-order valence-electron chi connectivity index (χ4n) is 5.24. The van der Waals surface area contributed by atoms with Crippen molar-refractivity contribution in [1.82, 2.24) is 24.6 Å². The van der Waals surface area contributed by atoms with Gasteiger partial charge in [-0.3, -0.25) is 14.7 Å². The molecule has 3 aromatic rings. The highest BCUT2D eigenvalue weighted by Gasteiger charge is 2.36. The van der Waals surface area contributed by atoms with Crippen LogP contribution in [0.5, 0.6) is 0 Å². The number of rotatable bonds is 5. The molecule has 4 heterocycles. The third-order valence-electron chi connectivity index (χ3n) is 7.18. The number of carbonyl (C=O) groups excluding carboxylic acids is 1. The Bertz CT molecular complexity index is 1320. The molecular weight excluding hydrogens is 513 g/mol. The van der Waals surface area contributed by atoms with E-state index in [1.54, 1.807) is 19.2 Å². The minimum atomic E-state index is -0.309. The largest absolute Gasteiger partial charge is 0.379 e. The SMILES string of the molecule is Cc1c(C(=O)Nc2ccc(C3CC(C#N)CCC3N3CCOCC3)nc2)cnn1-c1ncc(Cl)cc1Cl. The van der Waals surface area contributed by atoms with Crippen molar-refractivity contribution < 1.29 is 9.53 Å². The van der Waals surface area contributed by atoms with Crippen LogP contribution in [-0.4, -0.2) is 62.9 Å². The van der Waals surface area contributed by atoms with Gasteiger partial charge in [0.15, 0.2) is 5.82 Å². The second kappa shape index (κ2) is 11.2. The van der Waals surface area contributed by atoms with Crippen molar-refractivity contribution in [2.24, 2.45) is 5.92 Å². The van der Waals surface area contributed by atoms with Crippen LogP contribution >= 0.6 is 23.2 Å². The average Bonchev–Trinajstić information content (AvgIpc) is 3.30. The fraction of sp³-hybridized carbons (Fsp3) is 0.423. The Balaban J connectivity index is 1.31. The Kier molecular flexibility index (Phi) is 7.72. The number of nitriles is 1. The summed E-state index contributed by atoms with van der Waals surface area (Å²) in [5.74, 6) is 0.286. The number of anilines is 1. The van der Waals surface area contributed by atoms with Crippen LogP contribution in [0.25, 0.3) is 5.82 Å². The zero-order chi connectivity index (χ0) is 25.9. The molecule has 0 spiro atoms. The molecule has 192 valence electrons. The number of carbonyl (C=O) groups is 1. The number of ether oxygens (including phenoxy) is 1. The van der Waals surface area contributed by atoms with Crippen molar-refractivity contribution in [1.29, 1.82) is 5.26 Å². The fourth-order valence-corrected chi connectivity index (χ4v) is 5.70. The molecule has 3 atom stereocenters. The summed E-state index contributed by atoms with van der Waals surface area (Å²) in [5.41, 5.74) is 2.52. The Labute approximate surface area is 225 Å². The van der Waals surface area contributed by atoms with Crippen molar-refractivity contribution in [2.45, 2.75) is 38.1 Å². The van der Waals surface area contributed by atoms with Gasteiger partial charge in [-0.05, 0) is 44.4 Å². The number of nitrogens with one attached hydrogen (secondary N) is 1. The van der Waals surface area contributed by atoms with E-state index >= 15 is 0 Å². The molecule has 3 aromatic heterocycles. The normalized spacial score (nSPS) is 22.4. The molecule has 1 aliphatic carbocycles. The molecule has 1 N–H and O–H groups in total. The van der Waals surface area contributed by atoms with Crippen LogP contribution in [0.1, 0.15) is 46.9 Å². The number of pyridine rings is 2. The van der Waals surface area contributed by atoms with Gasteiger partial charge in [0.1, 0.15) is 0 Å². The van der Waals surface area contributed by atoms with Crippen molar-refractivity contribution in [3.05, 3.63) is 63.8 Å². The van der Waals surface area contributed by atoms with Gasteiger partial charge in [-0.1, -0.05) is 23.2 Å². The average molecular weight is 540 g/mol. The number of hydrogen-bond acceptors (Lipinski definition) is 7. The zero-order valence-electron chi connectivity index (χ0n) is 20.4. The topological polar surface area (TPSA) is 109 Å². The van der Waals surface area contributed by atoms with Crippen LogP contribution < -0.4 is 5.32 Å². The van der Waals surface area contributed by atoms with Gasteiger partial charge in [0.05, 0.1) is 58.7 Å². The van der Waals surface area contributed by atoms with Crippen LogP contribution in [0.3, 0.4) is 0 Å². The maximum absolute atomic E-state index is 13.0. The molecule has 5 rings (SSSR count). The second-order valence-electron chi connectivity index (χ2n) is 9.40. The second-order valence-corrected chi connectivity index (χ2v) is 10.2. The van der Waals surface area contributed by atoms with Crippen LogP contribution in [0.15, 0.2) is 36.8 Å². The highest BCUT2D eigenvalue weighted by atomic mass is 35.5. The van der Waals surface area contributed by atoms with Crippen molar-refractivity contribution in [3.63, 3.8) is 0 Å². The molecule has 3 unspecified atom stereocenters. The van der Waals surface area contributed by atoms with E-state index in [0.717, 1.165) is 51.3 Å². The maximum atomic E-state index is 13.0. The van der Waals surface area contributed by atoms with E-state index in [1.165, 1.54) is 17.1 Å². The van der Waals surface area contributed by atoms with Gasteiger partial charge in [0.2, 0.25) is 0 Å². The van der Waals surface area contributed by atoms with Crippen LogP contribution in [0.2, 0.25) is 10.0 Å². The van der Waals surface area contributed by atoms with Gasteiger partial charge in [0, 0.05) is 42.9 Å². The van der Waals surface area contributed by atoms with Crippen LogP contribution in [-0.2, 0) is 4.74 Å². The first kappa shape index (κ1) is 25.6. The number of nitrogens with zero attached hydrogens (tertiary/aromatic N) is 6. The predicted octanol–water partition coefficient (Wildman–Crippen LogP) is 4.64. The lowest BCUT2D eigenvalue weighted by atomic mass is 9.76. The molecule has 2 fully saturated rings. The van der Waals surface area contributed by atoms with Crippen LogP contribution in [0.4, 0.5) is 5.69 Å². The van der Waals surface area contributed by atoms with E-state index in [4.69, 9.17) is 32.9 Å². The smallest absolute Gasteiger partial charge is 0.259 e. The summed E-state index contributed by atoms with van der Waals surface area (Å²) in [6.45, 7) is 5.04. The highest BCUT2D eigenvalue weighted by molar-refractivity contribution is 6.35. The van der Waals surface area contributed by atoms with E-state index < -0.39 is 0 Å². The number of hydrogen-bond donors (Lipinski definition) is 1. The van der Waals surface area contributed by atoms with E-state index in [9.17, 15) is 10.1 Å². The van der Waals surface area contributed by atoms with Crippen molar-refractivity contribution in [3.8, 4) is 11.9 Å². The summed E-state index contributed by atoms with van der Waals surface area (Å²) < 4.78 is 7.05. The summed E-state index contributed by atoms with van der Waals surface area (Å²) in [7, 11) is 0. The molecule has 2 aliphatic rings. The van der Waals surface area contributed by atoms with Gasteiger partial charge in [-0.2, -0.15) is 10.4 Å². The lowest BCUT2D eigenvalue weighted by molar-refractivity contribution is 0.0000695. The third-order valence-corrected chi connectivity index (χ3v) is 7.66.